The van der Waals surface area contributed by atoms with Crippen LogP contribution >= 0.6 is 23.4 Å². The Morgan fingerprint density at radius 3 is 2.44 bits per heavy atom. The van der Waals surface area contributed by atoms with Crippen LogP contribution in [0.3, 0.4) is 0 Å². The van der Waals surface area contributed by atoms with Crippen molar-refractivity contribution in [3.8, 4) is 0 Å². The number of benzene rings is 3. The lowest BCUT2D eigenvalue weighted by Crippen LogP contribution is -2.14. The van der Waals surface area contributed by atoms with Gasteiger partial charge in [0, 0.05) is 21.0 Å². The predicted octanol–water partition coefficient (Wildman–Crippen LogP) is 4.60. The topological polar surface area (TPSA) is 75.3 Å². The zero-order chi connectivity index (χ0) is 19.4. The first-order valence-corrected chi connectivity index (χ1v) is 11.2. The molecule has 0 fully saturated rings. The second-order valence-electron chi connectivity index (χ2n) is 5.89. The molecule has 0 radical (unpaired) electrons. The van der Waals surface area contributed by atoms with Crippen LogP contribution in [0.5, 0.6) is 0 Å². The van der Waals surface area contributed by atoms with Crippen LogP contribution in [0.15, 0.2) is 65.6 Å². The Morgan fingerprint density at radius 1 is 1.04 bits per heavy atom. The summed E-state index contributed by atoms with van der Waals surface area (Å²) in [4.78, 5) is 13.2. The average Bonchev–Trinajstić information content (AvgIpc) is 2.59. The second-order valence-corrected chi connectivity index (χ2v) is 9.06. The van der Waals surface area contributed by atoms with Crippen LogP contribution in [0.4, 0.5) is 11.4 Å². The van der Waals surface area contributed by atoms with Crippen LogP contribution in [0.2, 0.25) is 5.02 Å². The van der Waals surface area contributed by atoms with Crippen molar-refractivity contribution < 1.29 is 13.2 Å². The number of sulfonamides is 1. The average molecular weight is 421 g/mol. The van der Waals surface area contributed by atoms with Gasteiger partial charge in [-0.15, -0.1) is 11.8 Å². The Hall–Kier alpha value is -2.22. The lowest BCUT2D eigenvalue weighted by Gasteiger charge is -2.10. The number of thioether (sulfide) groups is 1. The molecule has 0 aliphatic heterocycles. The molecule has 8 heteroatoms. The molecule has 0 spiro atoms. The van der Waals surface area contributed by atoms with Crippen molar-refractivity contribution in [2.45, 2.75) is 4.90 Å². The quantitative estimate of drug-likeness (QED) is 0.571. The maximum atomic E-state index is 12.3. The Morgan fingerprint density at radius 2 is 1.70 bits per heavy atom. The molecule has 1 amide bonds. The van der Waals surface area contributed by atoms with Crippen molar-refractivity contribution in [3.05, 3.63) is 65.7 Å². The zero-order valence-electron chi connectivity index (χ0n) is 14.4. The largest absolute Gasteiger partial charge is 0.325 e. The van der Waals surface area contributed by atoms with Crippen molar-refractivity contribution in [2.24, 2.45) is 0 Å². The van der Waals surface area contributed by atoms with Gasteiger partial charge in [0.25, 0.3) is 0 Å². The van der Waals surface area contributed by atoms with E-state index in [2.05, 4.69) is 10.0 Å². The van der Waals surface area contributed by atoms with E-state index < -0.39 is 10.0 Å². The number of amides is 1. The van der Waals surface area contributed by atoms with E-state index in [1.807, 2.05) is 36.4 Å². The highest BCUT2D eigenvalue weighted by molar-refractivity contribution is 8.00. The minimum absolute atomic E-state index is 0.194. The number of nitrogens with one attached hydrogen (secondary N) is 2. The molecule has 27 heavy (non-hydrogen) atoms. The maximum absolute atomic E-state index is 12.3. The fourth-order valence-electron chi connectivity index (χ4n) is 2.60. The molecule has 3 rings (SSSR count). The van der Waals surface area contributed by atoms with Crippen molar-refractivity contribution >= 4 is 61.4 Å². The zero-order valence-corrected chi connectivity index (χ0v) is 16.8. The van der Waals surface area contributed by atoms with Gasteiger partial charge in [-0.05, 0) is 35.7 Å². The fourth-order valence-corrected chi connectivity index (χ4v) is 4.40. The second kappa shape index (κ2) is 8.21. The van der Waals surface area contributed by atoms with Crippen molar-refractivity contribution in [3.63, 3.8) is 0 Å². The highest BCUT2D eigenvalue weighted by Crippen LogP contribution is 2.33. The Bertz CT molecular complexity index is 1100. The minimum atomic E-state index is -3.37. The summed E-state index contributed by atoms with van der Waals surface area (Å²) in [7, 11) is -3.37. The molecule has 2 N–H and O–H groups in total. The van der Waals surface area contributed by atoms with E-state index in [1.54, 1.807) is 24.3 Å². The lowest BCUT2D eigenvalue weighted by molar-refractivity contribution is -0.113. The molecule has 3 aromatic carbocycles. The number of rotatable bonds is 6. The molecular weight excluding hydrogens is 404 g/mol. The standard InChI is InChI=1S/C19H17ClN2O3S2/c1-27(24,25)22-15-8-4-7-14(11-15)21-18(23)12-26-17-10-3-6-13-5-2-9-16(20)19(13)17/h2-11,22H,12H2,1H3,(H,21,23). The van der Waals surface area contributed by atoms with E-state index in [0.717, 1.165) is 21.9 Å². The Labute approximate surface area is 167 Å². The number of hydrogen-bond donors (Lipinski definition) is 2. The van der Waals surface area contributed by atoms with Gasteiger partial charge in [-0.1, -0.05) is 41.9 Å². The third-order valence-electron chi connectivity index (χ3n) is 3.62. The van der Waals surface area contributed by atoms with Gasteiger partial charge < -0.3 is 5.32 Å². The maximum Gasteiger partial charge on any atom is 0.234 e. The van der Waals surface area contributed by atoms with Crippen molar-refractivity contribution in [1.82, 2.24) is 0 Å². The van der Waals surface area contributed by atoms with Gasteiger partial charge in [0.15, 0.2) is 0 Å². The molecule has 5 nitrogen and oxygen atoms in total. The van der Waals surface area contributed by atoms with E-state index in [-0.39, 0.29) is 11.7 Å². The first-order valence-electron chi connectivity index (χ1n) is 7.99. The number of fused-ring (bicyclic) bond motifs is 1. The van der Waals surface area contributed by atoms with Gasteiger partial charge in [0.2, 0.25) is 15.9 Å². The monoisotopic (exact) mass is 420 g/mol. The Kier molecular flexibility index (Phi) is 5.94. The Balaban J connectivity index is 1.68. The molecule has 0 bridgehead atoms. The van der Waals surface area contributed by atoms with Gasteiger partial charge in [0.05, 0.1) is 17.7 Å². The summed E-state index contributed by atoms with van der Waals surface area (Å²) in [6, 6.07) is 18.1. The smallest absolute Gasteiger partial charge is 0.234 e. The molecule has 3 aromatic rings. The number of carbonyl (C=O) groups excluding carboxylic acids is 1. The van der Waals surface area contributed by atoms with E-state index >= 15 is 0 Å². The van der Waals surface area contributed by atoms with E-state index in [9.17, 15) is 13.2 Å². The predicted molar refractivity (Wildman–Crippen MR) is 113 cm³/mol. The molecule has 0 aromatic heterocycles. The summed E-state index contributed by atoms with van der Waals surface area (Å²) >= 11 is 7.71. The van der Waals surface area contributed by atoms with Gasteiger partial charge in [-0.3, -0.25) is 9.52 Å². The summed E-state index contributed by atoms with van der Waals surface area (Å²) < 4.78 is 25.0. The molecule has 0 saturated carbocycles. The van der Waals surface area contributed by atoms with Gasteiger partial charge in [0.1, 0.15) is 0 Å². The molecule has 0 aliphatic carbocycles. The molecular formula is C19H17ClN2O3S2. The third-order valence-corrected chi connectivity index (χ3v) is 5.60. The third kappa shape index (κ3) is 5.38. The lowest BCUT2D eigenvalue weighted by atomic mass is 10.1. The molecule has 0 unspecified atom stereocenters. The highest BCUT2D eigenvalue weighted by atomic mass is 35.5. The summed E-state index contributed by atoms with van der Waals surface area (Å²) in [5.74, 6) is 0.00853. The summed E-state index contributed by atoms with van der Waals surface area (Å²) in [5.41, 5.74) is 0.911. The van der Waals surface area contributed by atoms with Gasteiger partial charge >= 0.3 is 0 Å². The number of halogens is 1. The SMILES string of the molecule is CS(=O)(=O)Nc1cccc(NC(=O)CSc2cccc3cccc(Cl)c23)c1. The van der Waals surface area contributed by atoms with Crippen LogP contribution in [-0.2, 0) is 14.8 Å². The van der Waals surface area contributed by atoms with E-state index in [0.29, 0.717) is 16.4 Å². The normalized spacial score (nSPS) is 11.3. The summed E-state index contributed by atoms with van der Waals surface area (Å²) in [6.07, 6.45) is 1.07. The highest BCUT2D eigenvalue weighted by Gasteiger charge is 2.09. The molecule has 0 heterocycles. The van der Waals surface area contributed by atoms with Crippen LogP contribution in [0.1, 0.15) is 0 Å². The number of anilines is 2. The van der Waals surface area contributed by atoms with E-state index in [1.165, 1.54) is 11.8 Å². The first-order chi connectivity index (χ1) is 12.8. The molecule has 0 aliphatic rings. The van der Waals surface area contributed by atoms with Crippen LogP contribution in [0.25, 0.3) is 10.8 Å². The molecule has 140 valence electrons. The van der Waals surface area contributed by atoms with Crippen molar-refractivity contribution in [2.75, 3.05) is 22.0 Å². The van der Waals surface area contributed by atoms with Gasteiger partial charge in [-0.25, -0.2) is 8.42 Å². The van der Waals surface area contributed by atoms with E-state index in [4.69, 9.17) is 11.6 Å². The summed E-state index contributed by atoms with van der Waals surface area (Å²) in [6.45, 7) is 0. The summed E-state index contributed by atoms with van der Waals surface area (Å²) in [5, 5.41) is 5.37. The number of hydrogen-bond acceptors (Lipinski definition) is 4. The van der Waals surface area contributed by atoms with Gasteiger partial charge in [-0.2, -0.15) is 0 Å². The number of carbonyl (C=O) groups is 1. The fraction of sp³-hybridized carbons (Fsp3) is 0.105. The first kappa shape index (κ1) is 19.5. The minimum Gasteiger partial charge on any atom is -0.325 e. The van der Waals surface area contributed by atoms with Crippen LogP contribution in [0, 0.1) is 0 Å². The van der Waals surface area contributed by atoms with Crippen LogP contribution < -0.4 is 10.0 Å². The van der Waals surface area contributed by atoms with Crippen molar-refractivity contribution in [1.29, 1.82) is 0 Å². The van der Waals surface area contributed by atoms with Crippen LogP contribution in [-0.4, -0.2) is 26.3 Å². The molecule has 0 saturated heterocycles. The molecule has 0 atom stereocenters.